The van der Waals surface area contributed by atoms with Gasteiger partial charge in [0.2, 0.25) is 11.8 Å². The molecule has 0 bridgehead atoms. The molecule has 1 fully saturated rings. The maximum absolute atomic E-state index is 11.9. The van der Waals surface area contributed by atoms with Crippen LogP contribution in [0.4, 0.5) is 0 Å². The zero-order valence-corrected chi connectivity index (χ0v) is 13.1. The van der Waals surface area contributed by atoms with Crippen LogP contribution in [0.15, 0.2) is 0 Å². The van der Waals surface area contributed by atoms with Crippen LogP contribution in [-0.2, 0) is 9.59 Å². The predicted molar refractivity (Wildman–Crippen MR) is 78.0 cm³/mol. The summed E-state index contributed by atoms with van der Waals surface area (Å²) >= 11 is 0. The SMILES string of the molecule is CC(C)C(=O)N1CCC(CNC(=O)C(C)(C)CO)CC1. The standard InChI is InChI=1S/C15H28N2O3/c1-11(2)13(19)17-7-5-12(6-8-17)9-16-14(20)15(3,4)10-18/h11-12,18H,5-10H2,1-4H3,(H,16,20). The molecule has 1 saturated heterocycles. The van der Waals surface area contributed by atoms with Gasteiger partial charge in [-0.25, -0.2) is 0 Å². The van der Waals surface area contributed by atoms with E-state index in [4.69, 9.17) is 5.11 Å². The van der Waals surface area contributed by atoms with E-state index in [0.717, 1.165) is 25.9 Å². The Labute approximate surface area is 121 Å². The molecule has 20 heavy (non-hydrogen) atoms. The quantitative estimate of drug-likeness (QED) is 0.792. The molecule has 1 aliphatic rings. The van der Waals surface area contributed by atoms with E-state index in [9.17, 15) is 9.59 Å². The third-order valence-electron chi connectivity index (χ3n) is 3.98. The molecule has 0 aliphatic carbocycles. The molecule has 1 heterocycles. The molecule has 0 aromatic rings. The van der Waals surface area contributed by atoms with Gasteiger partial charge in [-0.3, -0.25) is 9.59 Å². The summed E-state index contributed by atoms with van der Waals surface area (Å²) in [5.74, 6) is 0.579. The van der Waals surface area contributed by atoms with Crippen molar-refractivity contribution in [2.75, 3.05) is 26.2 Å². The number of amides is 2. The van der Waals surface area contributed by atoms with Crippen molar-refractivity contribution >= 4 is 11.8 Å². The van der Waals surface area contributed by atoms with Gasteiger partial charge in [-0.2, -0.15) is 0 Å². The lowest BCUT2D eigenvalue weighted by molar-refractivity contribution is -0.136. The van der Waals surface area contributed by atoms with Gasteiger partial charge in [-0.1, -0.05) is 13.8 Å². The first-order valence-corrected chi connectivity index (χ1v) is 7.46. The zero-order valence-electron chi connectivity index (χ0n) is 13.1. The second kappa shape index (κ2) is 7.07. The topological polar surface area (TPSA) is 69.6 Å². The van der Waals surface area contributed by atoms with E-state index in [-0.39, 0.29) is 24.3 Å². The van der Waals surface area contributed by atoms with Gasteiger partial charge in [-0.15, -0.1) is 0 Å². The van der Waals surface area contributed by atoms with E-state index in [2.05, 4.69) is 5.32 Å². The highest BCUT2D eigenvalue weighted by molar-refractivity contribution is 5.81. The Morgan fingerprint density at radius 2 is 1.85 bits per heavy atom. The van der Waals surface area contributed by atoms with Crippen LogP contribution in [0.5, 0.6) is 0 Å². The first-order valence-electron chi connectivity index (χ1n) is 7.46. The number of aliphatic hydroxyl groups excluding tert-OH is 1. The number of carbonyl (C=O) groups is 2. The van der Waals surface area contributed by atoms with E-state index in [1.54, 1.807) is 13.8 Å². The Balaban J connectivity index is 2.33. The van der Waals surface area contributed by atoms with E-state index < -0.39 is 5.41 Å². The summed E-state index contributed by atoms with van der Waals surface area (Å²) < 4.78 is 0. The highest BCUT2D eigenvalue weighted by Gasteiger charge is 2.28. The second-order valence-corrected chi connectivity index (χ2v) is 6.68. The van der Waals surface area contributed by atoms with Crippen molar-refractivity contribution < 1.29 is 14.7 Å². The second-order valence-electron chi connectivity index (χ2n) is 6.68. The van der Waals surface area contributed by atoms with Crippen molar-refractivity contribution in [1.82, 2.24) is 10.2 Å². The van der Waals surface area contributed by atoms with Gasteiger partial charge in [-0.05, 0) is 32.6 Å². The number of rotatable bonds is 5. The maximum atomic E-state index is 11.9. The van der Waals surface area contributed by atoms with Gasteiger partial charge in [0.25, 0.3) is 0 Å². The van der Waals surface area contributed by atoms with Gasteiger partial charge >= 0.3 is 0 Å². The smallest absolute Gasteiger partial charge is 0.227 e. The molecule has 0 saturated carbocycles. The third kappa shape index (κ3) is 4.47. The Hall–Kier alpha value is -1.10. The summed E-state index contributed by atoms with van der Waals surface area (Å²) in [5.41, 5.74) is -0.728. The van der Waals surface area contributed by atoms with Crippen molar-refractivity contribution in [2.24, 2.45) is 17.3 Å². The highest BCUT2D eigenvalue weighted by atomic mass is 16.3. The van der Waals surface area contributed by atoms with E-state index in [0.29, 0.717) is 12.5 Å². The van der Waals surface area contributed by atoms with Crippen LogP contribution in [0.25, 0.3) is 0 Å². The highest BCUT2D eigenvalue weighted by Crippen LogP contribution is 2.19. The molecule has 1 aliphatic heterocycles. The van der Waals surface area contributed by atoms with Crippen LogP contribution in [0.2, 0.25) is 0 Å². The Bertz CT molecular complexity index is 345. The van der Waals surface area contributed by atoms with Crippen molar-refractivity contribution in [3.63, 3.8) is 0 Å². The summed E-state index contributed by atoms with van der Waals surface area (Å²) in [6.45, 7) is 9.34. The van der Waals surface area contributed by atoms with Crippen LogP contribution in [0.3, 0.4) is 0 Å². The molecule has 0 aromatic heterocycles. The molecule has 2 N–H and O–H groups in total. The summed E-state index contributed by atoms with van der Waals surface area (Å²) in [4.78, 5) is 25.7. The molecule has 0 radical (unpaired) electrons. The average Bonchev–Trinajstić information content (AvgIpc) is 2.44. The van der Waals surface area contributed by atoms with Crippen molar-refractivity contribution in [3.05, 3.63) is 0 Å². The van der Waals surface area contributed by atoms with E-state index in [1.165, 1.54) is 0 Å². The van der Waals surface area contributed by atoms with Gasteiger partial charge in [0.05, 0.1) is 12.0 Å². The molecule has 1 rings (SSSR count). The number of hydrogen-bond donors (Lipinski definition) is 2. The molecule has 116 valence electrons. The summed E-state index contributed by atoms with van der Waals surface area (Å²) in [6.07, 6.45) is 1.86. The summed E-state index contributed by atoms with van der Waals surface area (Å²) in [6, 6.07) is 0. The predicted octanol–water partition coefficient (Wildman–Crippen LogP) is 1.02. The molecular weight excluding hydrogens is 256 g/mol. The minimum atomic E-state index is -0.728. The Kier molecular flexibility index (Phi) is 5.99. The number of carbonyl (C=O) groups excluding carboxylic acids is 2. The number of piperidine rings is 1. The van der Waals surface area contributed by atoms with E-state index in [1.807, 2.05) is 18.7 Å². The molecule has 0 unspecified atom stereocenters. The Morgan fingerprint density at radius 3 is 2.30 bits per heavy atom. The molecule has 5 heteroatoms. The number of nitrogens with one attached hydrogen (secondary N) is 1. The molecular formula is C15H28N2O3. The lowest BCUT2D eigenvalue weighted by Gasteiger charge is -2.33. The normalized spacial score (nSPS) is 17.4. The monoisotopic (exact) mass is 284 g/mol. The largest absolute Gasteiger partial charge is 0.395 e. The van der Waals surface area contributed by atoms with Crippen molar-refractivity contribution in [3.8, 4) is 0 Å². The van der Waals surface area contributed by atoms with Gasteiger partial charge in [0.15, 0.2) is 0 Å². The van der Waals surface area contributed by atoms with Crippen LogP contribution < -0.4 is 5.32 Å². The lowest BCUT2D eigenvalue weighted by Crippen LogP contribution is -2.45. The van der Waals surface area contributed by atoms with Gasteiger partial charge < -0.3 is 15.3 Å². The number of nitrogens with zero attached hydrogens (tertiary/aromatic N) is 1. The third-order valence-corrected chi connectivity index (χ3v) is 3.98. The van der Waals surface area contributed by atoms with Crippen LogP contribution in [0.1, 0.15) is 40.5 Å². The van der Waals surface area contributed by atoms with Crippen molar-refractivity contribution in [2.45, 2.75) is 40.5 Å². The molecule has 5 nitrogen and oxygen atoms in total. The first-order chi connectivity index (χ1) is 9.27. The van der Waals surface area contributed by atoms with E-state index >= 15 is 0 Å². The molecule has 0 spiro atoms. The fraction of sp³-hybridized carbons (Fsp3) is 0.867. The summed E-state index contributed by atoms with van der Waals surface area (Å²) in [7, 11) is 0. The van der Waals surface area contributed by atoms with Crippen molar-refractivity contribution in [1.29, 1.82) is 0 Å². The fourth-order valence-electron chi connectivity index (χ4n) is 2.27. The number of likely N-dealkylation sites (tertiary alicyclic amines) is 1. The molecule has 0 atom stereocenters. The average molecular weight is 284 g/mol. The van der Waals surface area contributed by atoms with Gasteiger partial charge in [0, 0.05) is 25.6 Å². The van der Waals surface area contributed by atoms with Crippen LogP contribution >= 0.6 is 0 Å². The number of hydrogen-bond acceptors (Lipinski definition) is 3. The van der Waals surface area contributed by atoms with Gasteiger partial charge in [0.1, 0.15) is 0 Å². The minimum Gasteiger partial charge on any atom is -0.395 e. The fourth-order valence-corrected chi connectivity index (χ4v) is 2.27. The van der Waals surface area contributed by atoms with Crippen LogP contribution in [-0.4, -0.2) is 48.1 Å². The zero-order chi connectivity index (χ0) is 15.3. The van der Waals surface area contributed by atoms with Crippen LogP contribution in [0, 0.1) is 17.3 Å². The number of aliphatic hydroxyl groups is 1. The maximum Gasteiger partial charge on any atom is 0.227 e. The molecule has 2 amide bonds. The summed E-state index contributed by atoms with van der Waals surface area (Å²) in [5, 5.41) is 12.1. The lowest BCUT2D eigenvalue weighted by atomic mass is 9.92. The Morgan fingerprint density at radius 1 is 1.30 bits per heavy atom. The first kappa shape index (κ1) is 17.0. The molecule has 0 aromatic carbocycles. The minimum absolute atomic E-state index is 0.0524.